The molecule has 1 N–H and O–H groups in total. The van der Waals surface area contributed by atoms with E-state index in [1.807, 2.05) is 6.92 Å². The molecule has 34 heavy (non-hydrogen) atoms. The number of anilines is 1. The minimum absolute atomic E-state index is 0.178. The SMILES string of the molecule is CCOc1ccc(N2C(=O)NC(=O)/C(=C\c3ccc(Cc4ccccc4F)c(Br)c3)C2=O)cc1. The number of halogens is 2. The highest BCUT2D eigenvalue weighted by Gasteiger charge is 2.36. The third-order valence-electron chi connectivity index (χ3n) is 5.23. The van der Waals surface area contributed by atoms with Gasteiger partial charge in [-0.3, -0.25) is 14.9 Å². The van der Waals surface area contributed by atoms with Crippen LogP contribution < -0.4 is 15.0 Å². The third kappa shape index (κ3) is 4.92. The van der Waals surface area contributed by atoms with Crippen LogP contribution in [0.4, 0.5) is 14.9 Å². The molecule has 3 aromatic carbocycles. The van der Waals surface area contributed by atoms with Gasteiger partial charge in [0.1, 0.15) is 17.1 Å². The molecule has 4 amide bonds. The van der Waals surface area contributed by atoms with E-state index in [-0.39, 0.29) is 11.4 Å². The highest BCUT2D eigenvalue weighted by atomic mass is 79.9. The summed E-state index contributed by atoms with van der Waals surface area (Å²) >= 11 is 3.49. The second-order valence-electron chi connectivity index (χ2n) is 7.50. The van der Waals surface area contributed by atoms with Crippen molar-refractivity contribution in [2.24, 2.45) is 0 Å². The standard InChI is InChI=1S/C26H20BrFN2O4/c1-2-34-20-11-9-19(10-12-20)30-25(32)21(24(31)29-26(30)33)13-16-7-8-17(22(27)14-16)15-18-5-3-4-6-23(18)28/h3-14H,2,15H2,1H3,(H,29,31,33)/b21-13+. The second-order valence-corrected chi connectivity index (χ2v) is 8.36. The van der Waals surface area contributed by atoms with Gasteiger partial charge in [0, 0.05) is 10.9 Å². The van der Waals surface area contributed by atoms with E-state index in [2.05, 4.69) is 21.2 Å². The molecule has 8 heteroatoms. The van der Waals surface area contributed by atoms with Crippen LogP contribution in [0.1, 0.15) is 23.6 Å². The molecule has 1 saturated heterocycles. The summed E-state index contributed by atoms with van der Waals surface area (Å²) in [7, 11) is 0. The van der Waals surface area contributed by atoms with E-state index in [9.17, 15) is 18.8 Å². The summed E-state index contributed by atoms with van der Waals surface area (Å²) in [5.41, 5.74) is 2.11. The van der Waals surface area contributed by atoms with Crippen molar-refractivity contribution in [3.05, 3.63) is 99.3 Å². The Bertz CT molecular complexity index is 1300. The first-order valence-corrected chi connectivity index (χ1v) is 11.3. The number of imide groups is 2. The molecule has 0 aromatic heterocycles. The summed E-state index contributed by atoms with van der Waals surface area (Å²) in [5, 5.41) is 2.21. The van der Waals surface area contributed by atoms with E-state index in [1.165, 1.54) is 12.1 Å². The van der Waals surface area contributed by atoms with Crippen LogP contribution in [0.3, 0.4) is 0 Å². The molecule has 0 radical (unpaired) electrons. The highest BCUT2D eigenvalue weighted by molar-refractivity contribution is 9.10. The molecule has 1 heterocycles. The van der Waals surface area contributed by atoms with Gasteiger partial charge >= 0.3 is 6.03 Å². The van der Waals surface area contributed by atoms with Crippen molar-refractivity contribution in [2.75, 3.05) is 11.5 Å². The summed E-state index contributed by atoms with van der Waals surface area (Å²) in [6, 6.07) is 17.4. The molecular weight excluding hydrogens is 503 g/mol. The smallest absolute Gasteiger partial charge is 0.335 e. The van der Waals surface area contributed by atoms with Gasteiger partial charge in [-0.2, -0.15) is 0 Å². The summed E-state index contributed by atoms with van der Waals surface area (Å²) in [6.07, 6.45) is 1.80. The maximum Gasteiger partial charge on any atom is 0.335 e. The Morgan fingerprint density at radius 3 is 2.41 bits per heavy atom. The number of nitrogens with zero attached hydrogens (tertiary/aromatic N) is 1. The van der Waals surface area contributed by atoms with Crippen LogP contribution in [-0.4, -0.2) is 24.5 Å². The zero-order chi connectivity index (χ0) is 24.2. The number of benzene rings is 3. The molecule has 0 saturated carbocycles. The lowest BCUT2D eigenvalue weighted by molar-refractivity contribution is -0.122. The molecule has 0 aliphatic carbocycles. The fraction of sp³-hybridized carbons (Fsp3) is 0.115. The van der Waals surface area contributed by atoms with E-state index in [0.29, 0.717) is 40.1 Å². The number of nitrogens with one attached hydrogen (secondary N) is 1. The summed E-state index contributed by atoms with van der Waals surface area (Å²) < 4.78 is 20.1. The van der Waals surface area contributed by atoms with E-state index < -0.39 is 17.8 Å². The molecule has 0 atom stereocenters. The molecule has 172 valence electrons. The number of hydrogen-bond donors (Lipinski definition) is 1. The molecule has 0 bridgehead atoms. The van der Waals surface area contributed by atoms with Gasteiger partial charge in [0.25, 0.3) is 11.8 Å². The lowest BCUT2D eigenvalue weighted by atomic mass is 10.0. The van der Waals surface area contributed by atoms with Crippen molar-refractivity contribution in [2.45, 2.75) is 13.3 Å². The molecule has 0 spiro atoms. The molecule has 1 aliphatic rings. The Hall–Kier alpha value is -3.78. The van der Waals surface area contributed by atoms with Crippen LogP contribution in [0.25, 0.3) is 6.08 Å². The average Bonchev–Trinajstić information content (AvgIpc) is 2.81. The molecule has 1 fully saturated rings. The lowest BCUT2D eigenvalue weighted by Gasteiger charge is -2.26. The second kappa shape index (κ2) is 10.0. The summed E-state index contributed by atoms with van der Waals surface area (Å²) in [5.74, 6) is -1.19. The van der Waals surface area contributed by atoms with Crippen molar-refractivity contribution < 1.29 is 23.5 Å². The van der Waals surface area contributed by atoms with Crippen molar-refractivity contribution in [1.29, 1.82) is 0 Å². The Balaban J connectivity index is 1.60. The van der Waals surface area contributed by atoms with Gasteiger partial charge in [-0.25, -0.2) is 14.1 Å². The largest absolute Gasteiger partial charge is 0.494 e. The minimum atomic E-state index is -0.822. The fourth-order valence-corrected chi connectivity index (χ4v) is 4.10. The Labute approximate surface area is 204 Å². The highest BCUT2D eigenvalue weighted by Crippen LogP contribution is 2.27. The van der Waals surface area contributed by atoms with E-state index in [0.717, 1.165) is 10.5 Å². The predicted molar refractivity (Wildman–Crippen MR) is 130 cm³/mol. The zero-order valence-electron chi connectivity index (χ0n) is 18.2. The fourth-order valence-electron chi connectivity index (χ4n) is 3.56. The minimum Gasteiger partial charge on any atom is -0.494 e. The first kappa shape index (κ1) is 23.4. The van der Waals surface area contributed by atoms with Gasteiger partial charge < -0.3 is 4.74 Å². The van der Waals surface area contributed by atoms with Crippen molar-refractivity contribution >= 4 is 45.5 Å². The van der Waals surface area contributed by atoms with Gasteiger partial charge in [0.2, 0.25) is 0 Å². The van der Waals surface area contributed by atoms with Crippen LogP contribution in [0.5, 0.6) is 5.75 Å². The first-order valence-electron chi connectivity index (χ1n) is 10.5. The van der Waals surface area contributed by atoms with E-state index in [4.69, 9.17) is 4.74 Å². The molecule has 1 aliphatic heterocycles. The third-order valence-corrected chi connectivity index (χ3v) is 5.97. The molecule has 4 rings (SSSR count). The van der Waals surface area contributed by atoms with Crippen molar-refractivity contribution in [3.8, 4) is 5.75 Å². The zero-order valence-corrected chi connectivity index (χ0v) is 19.8. The Morgan fingerprint density at radius 2 is 1.74 bits per heavy atom. The number of amides is 4. The van der Waals surface area contributed by atoms with E-state index in [1.54, 1.807) is 60.7 Å². The van der Waals surface area contributed by atoms with E-state index >= 15 is 0 Å². The van der Waals surface area contributed by atoms with Gasteiger partial charge in [-0.1, -0.05) is 46.3 Å². The van der Waals surface area contributed by atoms with Gasteiger partial charge in [0.05, 0.1) is 12.3 Å². The molecule has 3 aromatic rings. The topological polar surface area (TPSA) is 75.7 Å². The summed E-state index contributed by atoms with van der Waals surface area (Å²) in [4.78, 5) is 38.8. The Morgan fingerprint density at radius 1 is 1.00 bits per heavy atom. The number of carbonyl (C=O) groups excluding carboxylic acids is 3. The molecular formula is C26H20BrFN2O4. The number of urea groups is 1. The van der Waals surface area contributed by atoms with Crippen LogP contribution >= 0.6 is 15.9 Å². The van der Waals surface area contributed by atoms with Crippen molar-refractivity contribution in [1.82, 2.24) is 5.32 Å². The number of ether oxygens (including phenoxy) is 1. The Kier molecular flexibility index (Phi) is 6.88. The maximum absolute atomic E-state index is 14.0. The van der Waals surface area contributed by atoms with Gasteiger partial charge in [-0.05, 0) is 66.1 Å². The van der Waals surface area contributed by atoms with Gasteiger partial charge in [0.15, 0.2) is 0 Å². The average molecular weight is 523 g/mol. The maximum atomic E-state index is 14.0. The lowest BCUT2D eigenvalue weighted by Crippen LogP contribution is -2.54. The molecule has 0 unspecified atom stereocenters. The number of rotatable bonds is 6. The van der Waals surface area contributed by atoms with Crippen LogP contribution in [-0.2, 0) is 16.0 Å². The predicted octanol–water partition coefficient (Wildman–Crippen LogP) is 5.24. The number of carbonyl (C=O) groups is 3. The monoisotopic (exact) mass is 522 g/mol. The van der Waals surface area contributed by atoms with Gasteiger partial charge in [-0.15, -0.1) is 0 Å². The summed E-state index contributed by atoms with van der Waals surface area (Å²) in [6.45, 7) is 2.33. The quantitative estimate of drug-likeness (QED) is 0.354. The van der Waals surface area contributed by atoms with Crippen LogP contribution in [0.2, 0.25) is 0 Å². The van der Waals surface area contributed by atoms with Crippen molar-refractivity contribution in [3.63, 3.8) is 0 Å². The van der Waals surface area contributed by atoms with Crippen LogP contribution in [0.15, 0.2) is 76.8 Å². The number of barbiturate groups is 1. The first-order chi connectivity index (χ1) is 16.4. The normalized spacial score (nSPS) is 15.0. The number of hydrogen-bond acceptors (Lipinski definition) is 4. The van der Waals surface area contributed by atoms with Crippen LogP contribution in [0, 0.1) is 5.82 Å². The molecule has 6 nitrogen and oxygen atoms in total.